The van der Waals surface area contributed by atoms with E-state index in [4.69, 9.17) is 10.5 Å². The van der Waals surface area contributed by atoms with Crippen LogP contribution in [0.3, 0.4) is 0 Å². The van der Waals surface area contributed by atoms with Gasteiger partial charge in [-0.1, -0.05) is 12.1 Å². The van der Waals surface area contributed by atoms with Gasteiger partial charge >= 0.3 is 0 Å². The van der Waals surface area contributed by atoms with Crippen LogP contribution in [0.25, 0.3) is 11.0 Å². The molecule has 3 rings (SSSR count). The third kappa shape index (κ3) is 2.76. The average molecular weight is 258 g/mol. The van der Waals surface area contributed by atoms with Crippen LogP contribution < -0.4 is 10.5 Å². The minimum Gasteiger partial charge on any atom is -0.474 e. The fourth-order valence-electron chi connectivity index (χ4n) is 2.38. The van der Waals surface area contributed by atoms with Gasteiger partial charge in [-0.25, -0.2) is 9.97 Å². The van der Waals surface area contributed by atoms with Gasteiger partial charge in [-0.2, -0.15) is 0 Å². The molecular formula is C14H18N4O. The summed E-state index contributed by atoms with van der Waals surface area (Å²) in [7, 11) is 0. The maximum absolute atomic E-state index is 5.87. The molecule has 1 fully saturated rings. The van der Waals surface area contributed by atoms with Crippen LogP contribution in [-0.4, -0.2) is 41.1 Å². The number of fused-ring (bicyclic) bond motifs is 1. The second-order valence-electron chi connectivity index (χ2n) is 4.80. The van der Waals surface area contributed by atoms with Crippen LogP contribution in [0.5, 0.6) is 5.88 Å². The zero-order valence-electron chi connectivity index (χ0n) is 10.9. The Morgan fingerprint density at radius 1 is 1.11 bits per heavy atom. The Kier molecular flexibility index (Phi) is 3.46. The van der Waals surface area contributed by atoms with Crippen molar-refractivity contribution in [1.29, 1.82) is 0 Å². The van der Waals surface area contributed by atoms with Crippen LogP contribution in [0.15, 0.2) is 24.3 Å². The van der Waals surface area contributed by atoms with E-state index < -0.39 is 0 Å². The summed E-state index contributed by atoms with van der Waals surface area (Å²) < 4.78 is 5.67. The molecule has 0 bridgehead atoms. The van der Waals surface area contributed by atoms with Gasteiger partial charge in [0.15, 0.2) is 5.82 Å². The van der Waals surface area contributed by atoms with Crippen molar-refractivity contribution >= 4 is 16.9 Å². The quantitative estimate of drug-likeness (QED) is 0.904. The number of likely N-dealkylation sites (tertiary alicyclic amines) is 1. The number of para-hydroxylation sites is 2. The first-order valence-corrected chi connectivity index (χ1v) is 6.70. The monoisotopic (exact) mass is 258 g/mol. The maximum atomic E-state index is 5.87. The van der Waals surface area contributed by atoms with Gasteiger partial charge in [0.1, 0.15) is 6.61 Å². The molecule has 0 amide bonds. The van der Waals surface area contributed by atoms with Gasteiger partial charge in [-0.3, -0.25) is 4.90 Å². The zero-order valence-corrected chi connectivity index (χ0v) is 10.9. The van der Waals surface area contributed by atoms with Gasteiger partial charge in [0.2, 0.25) is 0 Å². The minimum absolute atomic E-state index is 0.361. The van der Waals surface area contributed by atoms with E-state index in [2.05, 4.69) is 14.9 Å². The Bertz CT molecular complexity index is 566. The van der Waals surface area contributed by atoms with Gasteiger partial charge in [0, 0.05) is 6.54 Å². The number of hydrogen-bond donors (Lipinski definition) is 1. The first kappa shape index (κ1) is 12.2. The van der Waals surface area contributed by atoms with Crippen molar-refractivity contribution in [1.82, 2.24) is 14.9 Å². The summed E-state index contributed by atoms with van der Waals surface area (Å²) in [6.07, 6.45) is 2.58. The third-order valence-electron chi connectivity index (χ3n) is 3.41. The lowest BCUT2D eigenvalue weighted by Gasteiger charge is -2.15. The predicted octanol–water partition coefficient (Wildman–Crippen LogP) is 1.69. The summed E-state index contributed by atoms with van der Waals surface area (Å²) in [5, 5.41) is 0. The van der Waals surface area contributed by atoms with E-state index in [1.165, 1.54) is 25.9 Å². The molecule has 1 aliphatic heterocycles. The van der Waals surface area contributed by atoms with Crippen molar-refractivity contribution in [2.75, 3.05) is 32.0 Å². The van der Waals surface area contributed by atoms with E-state index in [-0.39, 0.29) is 0 Å². The third-order valence-corrected chi connectivity index (χ3v) is 3.41. The standard InChI is InChI=1S/C14H18N4O/c15-13-14(19-10-9-18-7-3-4-8-18)17-12-6-2-1-5-11(12)16-13/h1-2,5-6H,3-4,7-10H2,(H2,15,16). The fourth-order valence-corrected chi connectivity index (χ4v) is 2.38. The average Bonchev–Trinajstić information content (AvgIpc) is 2.92. The highest BCUT2D eigenvalue weighted by Gasteiger charge is 2.12. The normalized spacial score (nSPS) is 16.0. The van der Waals surface area contributed by atoms with E-state index in [1.54, 1.807) is 0 Å². The van der Waals surface area contributed by atoms with E-state index in [0.717, 1.165) is 17.6 Å². The summed E-state index contributed by atoms with van der Waals surface area (Å²) in [5.41, 5.74) is 7.48. The Morgan fingerprint density at radius 3 is 2.53 bits per heavy atom. The molecule has 2 aromatic rings. The van der Waals surface area contributed by atoms with Crippen LogP contribution in [0, 0.1) is 0 Å². The number of benzene rings is 1. The van der Waals surface area contributed by atoms with Crippen LogP contribution in [0.1, 0.15) is 12.8 Å². The number of nitrogen functional groups attached to an aromatic ring is 1. The van der Waals surface area contributed by atoms with Crippen molar-refractivity contribution in [3.63, 3.8) is 0 Å². The van der Waals surface area contributed by atoms with Crippen molar-refractivity contribution in [2.24, 2.45) is 0 Å². The molecule has 2 N–H and O–H groups in total. The second-order valence-corrected chi connectivity index (χ2v) is 4.80. The minimum atomic E-state index is 0.361. The molecule has 5 nitrogen and oxygen atoms in total. The topological polar surface area (TPSA) is 64.3 Å². The Balaban J connectivity index is 1.67. The number of nitrogens with two attached hydrogens (primary N) is 1. The fraction of sp³-hybridized carbons (Fsp3) is 0.429. The summed E-state index contributed by atoms with van der Waals surface area (Å²) in [4.78, 5) is 11.1. The van der Waals surface area contributed by atoms with E-state index in [9.17, 15) is 0 Å². The lowest BCUT2D eigenvalue weighted by molar-refractivity contribution is 0.233. The number of aromatic nitrogens is 2. The molecule has 5 heteroatoms. The van der Waals surface area contributed by atoms with E-state index >= 15 is 0 Å². The summed E-state index contributed by atoms with van der Waals surface area (Å²) in [6, 6.07) is 7.66. The molecule has 0 aliphatic carbocycles. The van der Waals surface area contributed by atoms with E-state index in [1.807, 2.05) is 24.3 Å². The molecule has 100 valence electrons. The predicted molar refractivity (Wildman–Crippen MR) is 75.1 cm³/mol. The molecule has 0 spiro atoms. The number of rotatable bonds is 4. The second kappa shape index (κ2) is 5.40. The highest BCUT2D eigenvalue weighted by Crippen LogP contribution is 2.20. The number of anilines is 1. The maximum Gasteiger partial charge on any atom is 0.257 e. The van der Waals surface area contributed by atoms with Gasteiger partial charge in [0.05, 0.1) is 11.0 Å². The summed E-state index contributed by atoms with van der Waals surface area (Å²) in [5.74, 6) is 0.804. The molecule has 2 heterocycles. The van der Waals surface area contributed by atoms with Crippen molar-refractivity contribution in [2.45, 2.75) is 12.8 Å². The van der Waals surface area contributed by atoms with Crippen molar-refractivity contribution < 1.29 is 4.74 Å². The number of ether oxygens (including phenoxy) is 1. The highest BCUT2D eigenvalue weighted by atomic mass is 16.5. The largest absolute Gasteiger partial charge is 0.474 e. The van der Waals surface area contributed by atoms with Gasteiger partial charge in [-0.05, 0) is 38.1 Å². The summed E-state index contributed by atoms with van der Waals surface area (Å²) in [6.45, 7) is 3.87. The first-order valence-electron chi connectivity index (χ1n) is 6.70. The van der Waals surface area contributed by atoms with Gasteiger partial charge < -0.3 is 10.5 Å². The molecule has 0 saturated carbocycles. The zero-order chi connectivity index (χ0) is 13.1. The Hall–Kier alpha value is -1.88. The first-order chi connectivity index (χ1) is 9.33. The molecule has 0 unspecified atom stereocenters. The summed E-state index contributed by atoms with van der Waals surface area (Å²) >= 11 is 0. The molecule has 0 atom stereocenters. The van der Waals surface area contributed by atoms with Crippen LogP contribution >= 0.6 is 0 Å². The molecule has 1 saturated heterocycles. The van der Waals surface area contributed by atoms with Crippen LogP contribution in [0.4, 0.5) is 5.82 Å². The molecule has 1 aromatic carbocycles. The SMILES string of the molecule is Nc1nc2ccccc2nc1OCCN1CCCC1. The molecule has 1 aliphatic rings. The molecule has 19 heavy (non-hydrogen) atoms. The van der Waals surface area contributed by atoms with E-state index in [0.29, 0.717) is 18.3 Å². The Morgan fingerprint density at radius 2 is 1.79 bits per heavy atom. The van der Waals surface area contributed by atoms with Crippen molar-refractivity contribution in [3.8, 4) is 5.88 Å². The van der Waals surface area contributed by atoms with Gasteiger partial charge in [0.25, 0.3) is 5.88 Å². The number of nitrogens with zero attached hydrogens (tertiary/aromatic N) is 3. The molecule has 0 radical (unpaired) electrons. The lowest BCUT2D eigenvalue weighted by Crippen LogP contribution is -2.25. The van der Waals surface area contributed by atoms with Gasteiger partial charge in [-0.15, -0.1) is 0 Å². The molecular weight excluding hydrogens is 240 g/mol. The molecule has 1 aromatic heterocycles. The smallest absolute Gasteiger partial charge is 0.257 e. The number of hydrogen-bond acceptors (Lipinski definition) is 5. The van der Waals surface area contributed by atoms with Crippen LogP contribution in [-0.2, 0) is 0 Å². The van der Waals surface area contributed by atoms with Crippen LogP contribution in [0.2, 0.25) is 0 Å². The highest BCUT2D eigenvalue weighted by molar-refractivity contribution is 5.76. The van der Waals surface area contributed by atoms with Crippen molar-refractivity contribution in [3.05, 3.63) is 24.3 Å². The Labute approximate surface area is 112 Å². The lowest BCUT2D eigenvalue weighted by atomic mass is 10.3.